The zero-order valence-corrected chi connectivity index (χ0v) is 22.7. The van der Waals surface area contributed by atoms with Gasteiger partial charge in [0, 0.05) is 21.5 Å². The summed E-state index contributed by atoms with van der Waals surface area (Å²) in [7, 11) is 0. The molecule has 6 rings (SSSR count). The summed E-state index contributed by atoms with van der Waals surface area (Å²) in [6, 6.07) is 11.4. The quantitative estimate of drug-likeness (QED) is 0.244. The SMILES string of the molecule is OC1(c2nc3ccc(Br)cc3s2)CCC(OCc2c(-c3c(Cl)cccc3Cl)noc2C2CC2)CC1. The van der Waals surface area contributed by atoms with Crippen LogP contribution in [0, 0.1) is 0 Å². The predicted octanol–water partition coefficient (Wildman–Crippen LogP) is 8.25. The van der Waals surface area contributed by atoms with Crippen LogP contribution in [0.1, 0.15) is 60.8 Å². The molecule has 2 heterocycles. The fourth-order valence-electron chi connectivity index (χ4n) is 4.80. The number of benzene rings is 2. The second-order valence-electron chi connectivity index (χ2n) is 9.42. The van der Waals surface area contributed by atoms with Gasteiger partial charge in [0.15, 0.2) is 0 Å². The average molecular weight is 594 g/mol. The number of ether oxygens (including phenoxy) is 1. The van der Waals surface area contributed by atoms with E-state index in [0.717, 1.165) is 56.7 Å². The summed E-state index contributed by atoms with van der Waals surface area (Å²) in [5.74, 6) is 1.26. The molecule has 0 aliphatic heterocycles. The van der Waals surface area contributed by atoms with Gasteiger partial charge in [-0.3, -0.25) is 0 Å². The Balaban J connectivity index is 1.18. The molecule has 0 bridgehead atoms. The fraction of sp³-hybridized carbons (Fsp3) is 0.385. The van der Waals surface area contributed by atoms with Gasteiger partial charge in [0.2, 0.25) is 0 Å². The zero-order chi connectivity index (χ0) is 24.2. The highest BCUT2D eigenvalue weighted by Gasteiger charge is 2.39. The number of hydrogen-bond acceptors (Lipinski definition) is 6. The van der Waals surface area contributed by atoms with Crippen molar-refractivity contribution in [3.63, 3.8) is 0 Å². The number of aromatic nitrogens is 2. The second-order valence-corrected chi connectivity index (χ2v) is 12.2. The van der Waals surface area contributed by atoms with Crippen molar-refractivity contribution in [3.8, 4) is 11.3 Å². The molecule has 0 radical (unpaired) electrons. The molecule has 9 heteroatoms. The standard InChI is InChI=1S/C26H23BrCl2N2O3S/c27-15-6-7-20-21(12-15)35-25(30-20)26(32)10-8-16(9-11-26)33-13-17-23(31-34-24(17)14-4-5-14)22-18(28)2-1-3-19(22)29/h1-3,6-7,12,14,16,32H,4-5,8-11,13H2. The van der Waals surface area contributed by atoms with Gasteiger partial charge in [0.05, 0.1) is 33.0 Å². The molecule has 2 aliphatic carbocycles. The number of nitrogens with zero attached hydrogens (tertiary/aromatic N) is 2. The first-order valence-electron chi connectivity index (χ1n) is 11.7. The molecule has 2 aliphatic rings. The lowest BCUT2D eigenvalue weighted by Gasteiger charge is -2.34. The van der Waals surface area contributed by atoms with Crippen LogP contribution in [0.15, 0.2) is 45.4 Å². The summed E-state index contributed by atoms with van der Waals surface area (Å²) in [5.41, 5.74) is 2.29. The Hall–Kier alpha value is -1.48. The molecule has 0 spiro atoms. The van der Waals surface area contributed by atoms with E-state index in [4.69, 9.17) is 37.4 Å². The molecule has 2 aromatic heterocycles. The number of aliphatic hydroxyl groups is 1. The van der Waals surface area contributed by atoms with Gasteiger partial charge in [-0.1, -0.05) is 50.4 Å². The van der Waals surface area contributed by atoms with Gasteiger partial charge in [-0.25, -0.2) is 4.98 Å². The Morgan fingerprint density at radius 1 is 1.11 bits per heavy atom. The van der Waals surface area contributed by atoms with Crippen molar-refractivity contribution in [2.24, 2.45) is 0 Å². The summed E-state index contributed by atoms with van der Waals surface area (Å²) in [4.78, 5) is 4.72. The molecular formula is C26H23BrCl2N2O3S. The van der Waals surface area contributed by atoms with Crippen LogP contribution >= 0.6 is 50.5 Å². The van der Waals surface area contributed by atoms with E-state index in [2.05, 4.69) is 21.1 Å². The molecule has 2 aromatic carbocycles. The molecule has 0 amide bonds. The smallest absolute Gasteiger partial charge is 0.145 e. The lowest BCUT2D eigenvalue weighted by molar-refractivity contribution is -0.0640. The molecule has 4 aromatic rings. The van der Waals surface area contributed by atoms with Crippen LogP contribution in [0.5, 0.6) is 0 Å². The van der Waals surface area contributed by atoms with Gasteiger partial charge in [-0.15, -0.1) is 11.3 Å². The number of rotatable bonds is 6. The number of thiazole rings is 1. The van der Waals surface area contributed by atoms with E-state index in [1.165, 1.54) is 0 Å². The van der Waals surface area contributed by atoms with Crippen LogP contribution in [0.3, 0.4) is 0 Å². The predicted molar refractivity (Wildman–Crippen MR) is 142 cm³/mol. The van der Waals surface area contributed by atoms with Crippen molar-refractivity contribution in [2.75, 3.05) is 0 Å². The van der Waals surface area contributed by atoms with E-state index < -0.39 is 5.60 Å². The van der Waals surface area contributed by atoms with Crippen LogP contribution in [-0.4, -0.2) is 21.4 Å². The average Bonchev–Trinajstić information content (AvgIpc) is 3.45. The molecular weight excluding hydrogens is 571 g/mol. The minimum atomic E-state index is -0.914. The molecule has 2 saturated carbocycles. The molecule has 182 valence electrons. The summed E-state index contributed by atoms with van der Waals surface area (Å²) >= 11 is 18.0. The van der Waals surface area contributed by atoms with Crippen LogP contribution in [0.4, 0.5) is 0 Å². The molecule has 5 nitrogen and oxygen atoms in total. The van der Waals surface area contributed by atoms with Crippen molar-refractivity contribution in [1.82, 2.24) is 10.1 Å². The van der Waals surface area contributed by atoms with E-state index in [1.807, 2.05) is 36.4 Å². The van der Waals surface area contributed by atoms with Crippen molar-refractivity contribution in [1.29, 1.82) is 0 Å². The van der Waals surface area contributed by atoms with E-state index in [9.17, 15) is 5.11 Å². The number of halogens is 3. The van der Waals surface area contributed by atoms with Crippen molar-refractivity contribution < 1.29 is 14.4 Å². The maximum absolute atomic E-state index is 11.4. The van der Waals surface area contributed by atoms with E-state index in [-0.39, 0.29) is 6.10 Å². The third-order valence-electron chi connectivity index (χ3n) is 6.94. The maximum Gasteiger partial charge on any atom is 0.145 e. The highest BCUT2D eigenvalue weighted by atomic mass is 79.9. The Morgan fingerprint density at radius 2 is 1.86 bits per heavy atom. The minimum absolute atomic E-state index is 0.0373. The van der Waals surface area contributed by atoms with Gasteiger partial charge in [0.1, 0.15) is 22.1 Å². The molecule has 0 atom stereocenters. The van der Waals surface area contributed by atoms with Gasteiger partial charge in [0.25, 0.3) is 0 Å². The third kappa shape index (κ3) is 4.67. The van der Waals surface area contributed by atoms with Crippen molar-refractivity contribution in [2.45, 2.75) is 62.8 Å². The first-order valence-corrected chi connectivity index (χ1v) is 14.1. The maximum atomic E-state index is 11.4. The minimum Gasteiger partial charge on any atom is -0.383 e. The van der Waals surface area contributed by atoms with Gasteiger partial charge < -0.3 is 14.4 Å². The molecule has 35 heavy (non-hydrogen) atoms. The van der Waals surface area contributed by atoms with Crippen LogP contribution < -0.4 is 0 Å². The monoisotopic (exact) mass is 592 g/mol. The van der Waals surface area contributed by atoms with E-state index in [0.29, 0.717) is 46.7 Å². The Morgan fingerprint density at radius 3 is 2.57 bits per heavy atom. The molecule has 2 fully saturated rings. The Bertz CT molecular complexity index is 1370. The summed E-state index contributed by atoms with van der Waals surface area (Å²) in [5, 5.41) is 17.6. The molecule has 0 saturated heterocycles. The number of hydrogen-bond donors (Lipinski definition) is 1. The zero-order valence-electron chi connectivity index (χ0n) is 18.8. The topological polar surface area (TPSA) is 68.4 Å². The van der Waals surface area contributed by atoms with Crippen molar-refractivity contribution in [3.05, 3.63) is 67.2 Å². The van der Waals surface area contributed by atoms with Crippen LogP contribution in [0.25, 0.3) is 21.5 Å². The Labute approximate surface area is 225 Å². The van der Waals surface area contributed by atoms with Gasteiger partial charge in [-0.05, 0) is 68.9 Å². The van der Waals surface area contributed by atoms with E-state index in [1.54, 1.807) is 11.3 Å². The highest BCUT2D eigenvalue weighted by molar-refractivity contribution is 9.10. The summed E-state index contributed by atoms with van der Waals surface area (Å²) in [6.07, 6.45) is 4.95. The normalized spacial score (nSPS) is 22.7. The summed E-state index contributed by atoms with van der Waals surface area (Å²) < 4.78 is 14.2. The van der Waals surface area contributed by atoms with Crippen LogP contribution in [-0.2, 0) is 16.9 Å². The molecule has 1 N–H and O–H groups in total. The lowest BCUT2D eigenvalue weighted by Crippen LogP contribution is -2.34. The Kier molecular flexibility index (Phi) is 6.44. The number of fused-ring (bicyclic) bond motifs is 1. The highest BCUT2D eigenvalue weighted by Crippen LogP contribution is 2.47. The van der Waals surface area contributed by atoms with Gasteiger partial charge >= 0.3 is 0 Å². The first-order chi connectivity index (χ1) is 16.9. The molecule has 0 unspecified atom stereocenters. The van der Waals surface area contributed by atoms with Crippen molar-refractivity contribution >= 4 is 60.7 Å². The van der Waals surface area contributed by atoms with Crippen LogP contribution in [0.2, 0.25) is 10.0 Å². The summed E-state index contributed by atoms with van der Waals surface area (Å²) in [6.45, 7) is 0.379. The first kappa shape index (κ1) is 23.9. The van der Waals surface area contributed by atoms with E-state index >= 15 is 0 Å². The third-order valence-corrected chi connectivity index (χ3v) is 9.27. The largest absolute Gasteiger partial charge is 0.383 e. The fourth-order valence-corrected chi connectivity index (χ4v) is 7.04. The lowest BCUT2D eigenvalue weighted by atomic mass is 9.83. The van der Waals surface area contributed by atoms with Gasteiger partial charge in [-0.2, -0.15) is 0 Å². The second kappa shape index (κ2) is 9.43.